The van der Waals surface area contributed by atoms with E-state index in [-0.39, 0.29) is 15.3 Å². The van der Waals surface area contributed by atoms with Crippen LogP contribution < -0.4 is 14.8 Å². The van der Waals surface area contributed by atoms with Gasteiger partial charge in [-0.2, -0.15) is 13.2 Å². The molecule has 1 saturated carbocycles. The Hall–Kier alpha value is -3.16. The van der Waals surface area contributed by atoms with E-state index in [9.17, 15) is 18.0 Å². The number of anilines is 1. The highest BCUT2D eigenvalue weighted by atomic mass is 19.4. The Kier molecular flexibility index (Phi) is 3.44. The molecule has 8 heteroatoms. The van der Waals surface area contributed by atoms with E-state index < -0.39 is 23.1 Å². The summed E-state index contributed by atoms with van der Waals surface area (Å²) in [6.45, 7) is 0.114. The minimum atomic E-state index is -4.58. The Bertz CT molecular complexity index is 1110. The number of hydrogen-bond acceptors (Lipinski definition) is 3. The van der Waals surface area contributed by atoms with Gasteiger partial charge >= 0.3 is 6.18 Å². The summed E-state index contributed by atoms with van der Waals surface area (Å²) in [6.07, 6.45) is -1.90. The minimum Gasteiger partial charge on any atom is -0.454 e. The summed E-state index contributed by atoms with van der Waals surface area (Å²) in [5, 5.41) is 2.95. The molecule has 1 aromatic heterocycles. The molecule has 2 aliphatic rings. The lowest BCUT2D eigenvalue weighted by molar-refractivity contribution is -0.136. The summed E-state index contributed by atoms with van der Waals surface area (Å²) in [5.74, 6) is 0.680. The first kappa shape index (κ1) is 17.0. The van der Waals surface area contributed by atoms with Gasteiger partial charge in [0, 0.05) is 20.0 Å². The zero-order valence-corrected chi connectivity index (χ0v) is 14.5. The molecule has 0 radical (unpaired) electrons. The van der Waals surface area contributed by atoms with Crippen molar-refractivity contribution in [2.75, 3.05) is 12.1 Å². The van der Waals surface area contributed by atoms with E-state index in [2.05, 4.69) is 10.3 Å². The van der Waals surface area contributed by atoms with Crippen molar-refractivity contribution in [3.05, 3.63) is 53.7 Å². The van der Waals surface area contributed by atoms with Crippen LogP contribution in [0.4, 0.5) is 18.9 Å². The molecule has 2 N–H and O–H groups in total. The van der Waals surface area contributed by atoms with Crippen LogP contribution in [0.2, 0.25) is 0 Å². The maximum absolute atomic E-state index is 13.5. The molecular formula is C20H19F3N2O3. The first-order valence-electron chi connectivity index (χ1n) is 8.77. The highest BCUT2D eigenvalue weighted by Crippen LogP contribution is 2.51. The average molecular weight is 392 g/mol. The van der Waals surface area contributed by atoms with Crippen LogP contribution in [0.1, 0.15) is 26.8 Å². The molecule has 0 unspecified atom stereocenters. The van der Waals surface area contributed by atoms with Gasteiger partial charge in [-0.05, 0) is 48.7 Å². The fraction of sp³-hybridized carbons (Fsp3) is 0.250. The van der Waals surface area contributed by atoms with Gasteiger partial charge in [0.15, 0.2) is 11.5 Å². The number of carbonyl (C=O) groups excluding carboxylic acids is 1. The smallest absolute Gasteiger partial charge is 0.418 e. The molecule has 2 aromatic carbocycles. The SMILES string of the molecule is O=C(Nc1cc2[nH]ccc2cc1C(F)(F)F)C1(c2ccc3c(c2)OCO3)CC1.[HH].[HH]. The topological polar surface area (TPSA) is 63.4 Å². The van der Waals surface area contributed by atoms with Gasteiger partial charge in [-0.1, -0.05) is 6.07 Å². The second-order valence-electron chi connectivity index (χ2n) is 7.06. The molecule has 3 aromatic rings. The third-order valence-corrected chi connectivity index (χ3v) is 5.35. The van der Waals surface area contributed by atoms with Crippen LogP contribution >= 0.6 is 0 Å². The quantitative estimate of drug-likeness (QED) is 0.654. The van der Waals surface area contributed by atoms with Crippen LogP contribution in [0.15, 0.2) is 42.6 Å². The number of alkyl halides is 3. The van der Waals surface area contributed by atoms with Crippen molar-refractivity contribution in [3.8, 4) is 11.5 Å². The van der Waals surface area contributed by atoms with Crippen LogP contribution in [-0.4, -0.2) is 17.7 Å². The number of rotatable bonds is 3. The monoisotopic (exact) mass is 392 g/mol. The summed E-state index contributed by atoms with van der Waals surface area (Å²) in [5.41, 5.74) is -0.733. The number of amides is 1. The fourth-order valence-electron chi connectivity index (χ4n) is 3.65. The predicted octanol–water partition coefficient (Wildman–Crippen LogP) is 5.08. The van der Waals surface area contributed by atoms with Crippen molar-refractivity contribution >= 4 is 22.5 Å². The molecule has 0 bridgehead atoms. The van der Waals surface area contributed by atoms with Crippen LogP contribution in [-0.2, 0) is 16.4 Å². The predicted molar refractivity (Wildman–Crippen MR) is 99.6 cm³/mol. The average Bonchev–Trinajstić information content (AvgIpc) is 3.11. The second-order valence-corrected chi connectivity index (χ2v) is 7.06. The number of hydrogen-bond donors (Lipinski definition) is 2. The van der Waals surface area contributed by atoms with Crippen molar-refractivity contribution < 1.29 is 30.3 Å². The summed E-state index contributed by atoms with van der Waals surface area (Å²) in [6, 6.07) is 9.14. The third kappa shape index (κ3) is 2.59. The maximum Gasteiger partial charge on any atom is 0.418 e. The minimum absolute atomic E-state index is 0. The van der Waals surface area contributed by atoms with Crippen molar-refractivity contribution in [1.29, 1.82) is 0 Å². The van der Waals surface area contributed by atoms with Crippen molar-refractivity contribution in [1.82, 2.24) is 4.98 Å². The Labute approximate surface area is 160 Å². The summed E-state index contributed by atoms with van der Waals surface area (Å²) in [7, 11) is 0. The van der Waals surface area contributed by atoms with Crippen LogP contribution in [0.3, 0.4) is 0 Å². The van der Waals surface area contributed by atoms with Crippen molar-refractivity contribution in [2.45, 2.75) is 24.4 Å². The molecule has 1 fully saturated rings. The van der Waals surface area contributed by atoms with E-state index in [1.807, 2.05) is 0 Å². The van der Waals surface area contributed by atoms with E-state index in [4.69, 9.17) is 9.47 Å². The molecule has 0 atom stereocenters. The normalized spacial score (nSPS) is 17.0. The first-order chi connectivity index (χ1) is 13.4. The van der Waals surface area contributed by atoms with Crippen LogP contribution in [0, 0.1) is 0 Å². The van der Waals surface area contributed by atoms with Gasteiger partial charge in [0.05, 0.1) is 16.7 Å². The van der Waals surface area contributed by atoms with E-state index in [1.54, 1.807) is 30.5 Å². The number of ether oxygens (including phenoxy) is 2. The third-order valence-electron chi connectivity index (χ3n) is 5.35. The number of aromatic nitrogens is 1. The lowest BCUT2D eigenvalue weighted by atomic mass is 9.94. The van der Waals surface area contributed by atoms with Crippen LogP contribution in [0.25, 0.3) is 10.9 Å². The van der Waals surface area contributed by atoms with E-state index >= 15 is 0 Å². The summed E-state index contributed by atoms with van der Waals surface area (Å²) >= 11 is 0. The molecule has 1 aliphatic carbocycles. The number of halogens is 3. The summed E-state index contributed by atoms with van der Waals surface area (Å²) < 4.78 is 51.2. The largest absolute Gasteiger partial charge is 0.454 e. The van der Waals surface area contributed by atoms with Gasteiger partial charge in [0.1, 0.15) is 0 Å². The molecule has 5 nitrogen and oxygen atoms in total. The van der Waals surface area contributed by atoms with E-state index in [0.717, 1.165) is 6.07 Å². The number of nitrogens with one attached hydrogen (secondary N) is 2. The van der Waals surface area contributed by atoms with Crippen molar-refractivity contribution in [3.63, 3.8) is 0 Å². The highest BCUT2D eigenvalue weighted by molar-refractivity contribution is 6.03. The number of H-pyrrole nitrogens is 1. The van der Waals surface area contributed by atoms with Crippen LogP contribution in [0.5, 0.6) is 11.5 Å². The first-order valence-corrected chi connectivity index (χ1v) is 8.77. The number of aromatic amines is 1. The second kappa shape index (κ2) is 5.67. The van der Waals surface area contributed by atoms with Gasteiger partial charge in [-0.25, -0.2) is 0 Å². The van der Waals surface area contributed by atoms with Gasteiger partial charge < -0.3 is 19.8 Å². The molecule has 148 valence electrons. The lowest BCUT2D eigenvalue weighted by Gasteiger charge is -2.19. The van der Waals surface area contributed by atoms with Gasteiger partial charge in [0.25, 0.3) is 0 Å². The molecular weight excluding hydrogens is 373 g/mol. The molecule has 1 amide bonds. The molecule has 28 heavy (non-hydrogen) atoms. The Morgan fingerprint density at radius 3 is 2.64 bits per heavy atom. The Balaban J connectivity index is 0.00000128. The zero-order chi connectivity index (χ0) is 19.5. The Morgan fingerprint density at radius 1 is 1.11 bits per heavy atom. The fourth-order valence-corrected chi connectivity index (χ4v) is 3.65. The van der Waals surface area contributed by atoms with E-state index in [0.29, 0.717) is 40.8 Å². The van der Waals surface area contributed by atoms with Gasteiger partial charge in [-0.3, -0.25) is 4.79 Å². The molecule has 0 spiro atoms. The molecule has 2 heterocycles. The molecule has 0 saturated heterocycles. The standard InChI is InChI=1S/C20H15F3N2O3.2H2/c21-20(22,23)13-7-11-3-6-24-14(11)9-15(13)25-18(26)19(4-5-19)12-1-2-16-17(8-12)28-10-27-16;;/h1-3,6-9,24H,4-5,10H2,(H,25,26);2*1H. The Morgan fingerprint density at radius 2 is 1.89 bits per heavy atom. The number of fused-ring (bicyclic) bond motifs is 2. The summed E-state index contributed by atoms with van der Waals surface area (Å²) in [4.78, 5) is 15.9. The number of benzene rings is 2. The van der Waals surface area contributed by atoms with Crippen molar-refractivity contribution in [2.24, 2.45) is 0 Å². The van der Waals surface area contributed by atoms with Gasteiger partial charge in [0.2, 0.25) is 12.7 Å². The molecule has 5 rings (SSSR count). The van der Waals surface area contributed by atoms with Gasteiger partial charge in [-0.15, -0.1) is 0 Å². The zero-order valence-electron chi connectivity index (χ0n) is 14.5. The number of carbonyl (C=O) groups is 1. The highest BCUT2D eigenvalue weighted by Gasteiger charge is 2.52. The van der Waals surface area contributed by atoms with E-state index in [1.165, 1.54) is 6.07 Å². The lowest BCUT2D eigenvalue weighted by Crippen LogP contribution is -2.29. The maximum atomic E-state index is 13.5. The molecule has 1 aliphatic heterocycles.